The van der Waals surface area contributed by atoms with Crippen molar-refractivity contribution in [1.82, 2.24) is 9.80 Å². The average molecular weight is 276 g/mol. The van der Waals surface area contributed by atoms with E-state index in [0.29, 0.717) is 5.78 Å². The molecule has 2 aliphatic heterocycles. The molecule has 2 aliphatic rings. The van der Waals surface area contributed by atoms with Gasteiger partial charge in [0.25, 0.3) is 0 Å². The third-order valence-electron chi connectivity index (χ3n) is 4.56. The molecule has 2 unspecified atom stereocenters. The van der Waals surface area contributed by atoms with Gasteiger partial charge in [-0.1, -0.05) is 27.0 Å². The third kappa shape index (κ3) is 2.77. The summed E-state index contributed by atoms with van der Waals surface area (Å²) in [5, 5.41) is 0. The van der Waals surface area contributed by atoms with Crippen LogP contribution < -0.4 is 0 Å². The molecule has 0 N–H and O–H groups in total. The van der Waals surface area contributed by atoms with Crippen LogP contribution in [-0.2, 0) is 4.79 Å². The minimum absolute atomic E-state index is 0.0534. The number of carbonyl (C=O) groups is 1. The molecular formula is C17H28N2O. The standard InChI is InChI=1S/C17H28N2O/c1-5-11-18-13(3)7-9-15(18)17(20)16-10-8-14(4)19(16)12-6-2/h15-16H,3-12H2,1-2H3. The summed E-state index contributed by atoms with van der Waals surface area (Å²) in [6.07, 6.45) is 5.97. The Kier molecular flexibility index (Phi) is 4.90. The maximum Gasteiger partial charge on any atom is 0.177 e. The van der Waals surface area contributed by atoms with Crippen LogP contribution in [0.15, 0.2) is 24.6 Å². The monoisotopic (exact) mass is 276 g/mol. The van der Waals surface area contributed by atoms with Crippen molar-refractivity contribution in [2.75, 3.05) is 13.1 Å². The van der Waals surface area contributed by atoms with Gasteiger partial charge < -0.3 is 9.80 Å². The number of likely N-dealkylation sites (tertiary alicyclic amines) is 2. The topological polar surface area (TPSA) is 23.6 Å². The van der Waals surface area contributed by atoms with Gasteiger partial charge in [0, 0.05) is 24.5 Å². The van der Waals surface area contributed by atoms with Crippen LogP contribution in [-0.4, -0.2) is 40.8 Å². The molecule has 112 valence electrons. The molecule has 3 nitrogen and oxygen atoms in total. The normalized spacial score (nSPS) is 26.7. The fourth-order valence-corrected chi connectivity index (χ4v) is 3.57. The van der Waals surface area contributed by atoms with Crippen LogP contribution in [0.1, 0.15) is 52.4 Å². The fourth-order valence-electron chi connectivity index (χ4n) is 3.57. The number of allylic oxidation sites excluding steroid dienone is 2. The maximum atomic E-state index is 12.9. The number of ketones is 1. The third-order valence-corrected chi connectivity index (χ3v) is 4.56. The van der Waals surface area contributed by atoms with Crippen molar-refractivity contribution in [1.29, 1.82) is 0 Å². The number of rotatable bonds is 6. The highest BCUT2D eigenvalue weighted by Crippen LogP contribution is 2.33. The molecule has 2 saturated heterocycles. The summed E-state index contributed by atoms with van der Waals surface area (Å²) in [5.41, 5.74) is 2.29. The first kappa shape index (κ1) is 15.1. The quantitative estimate of drug-likeness (QED) is 0.743. The van der Waals surface area contributed by atoms with Crippen molar-refractivity contribution >= 4 is 5.78 Å². The van der Waals surface area contributed by atoms with Gasteiger partial charge in [-0.15, -0.1) is 0 Å². The van der Waals surface area contributed by atoms with Gasteiger partial charge in [-0.25, -0.2) is 0 Å². The summed E-state index contributed by atoms with van der Waals surface area (Å²) in [5.74, 6) is 0.393. The fraction of sp³-hybridized carbons (Fsp3) is 0.706. The lowest BCUT2D eigenvalue weighted by Crippen LogP contribution is -2.46. The highest BCUT2D eigenvalue weighted by Gasteiger charge is 2.40. The van der Waals surface area contributed by atoms with Gasteiger partial charge in [-0.3, -0.25) is 4.79 Å². The second-order valence-electron chi connectivity index (χ2n) is 6.03. The van der Waals surface area contributed by atoms with Gasteiger partial charge in [-0.05, 0) is 38.5 Å². The van der Waals surface area contributed by atoms with E-state index < -0.39 is 0 Å². The summed E-state index contributed by atoms with van der Waals surface area (Å²) in [6.45, 7) is 14.5. The Morgan fingerprint density at radius 2 is 1.40 bits per heavy atom. The lowest BCUT2D eigenvalue weighted by Gasteiger charge is -2.32. The van der Waals surface area contributed by atoms with Crippen molar-refractivity contribution < 1.29 is 4.79 Å². The summed E-state index contributed by atoms with van der Waals surface area (Å²) in [7, 11) is 0. The van der Waals surface area contributed by atoms with E-state index in [1.807, 2.05) is 0 Å². The Morgan fingerprint density at radius 1 is 1.00 bits per heavy atom. The van der Waals surface area contributed by atoms with Gasteiger partial charge in [0.05, 0.1) is 12.1 Å². The Hall–Kier alpha value is -1.25. The van der Waals surface area contributed by atoms with Crippen molar-refractivity contribution in [3.8, 4) is 0 Å². The molecule has 2 rings (SSSR count). The molecule has 0 aliphatic carbocycles. The predicted octanol–water partition coefficient (Wildman–Crippen LogP) is 3.33. The van der Waals surface area contributed by atoms with Crippen LogP contribution >= 0.6 is 0 Å². The van der Waals surface area contributed by atoms with Crippen molar-refractivity contribution in [3.05, 3.63) is 24.6 Å². The lowest BCUT2D eigenvalue weighted by molar-refractivity contribution is -0.127. The van der Waals surface area contributed by atoms with E-state index in [1.54, 1.807) is 0 Å². The van der Waals surface area contributed by atoms with E-state index in [2.05, 4.69) is 36.8 Å². The van der Waals surface area contributed by atoms with Gasteiger partial charge in [0.15, 0.2) is 5.78 Å². The van der Waals surface area contributed by atoms with Gasteiger partial charge in [0.1, 0.15) is 0 Å². The molecule has 0 bridgehead atoms. The highest BCUT2D eigenvalue weighted by molar-refractivity contribution is 5.90. The molecule has 2 fully saturated rings. The SMILES string of the molecule is C=C1CCC(C(=O)C2CCC(=C)N2CCC)N1CCC. The zero-order chi connectivity index (χ0) is 14.7. The largest absolute Gasteiger partial charge is 0.365 e. The molecule has 3 heteroatoms. The molecule has 0 radical (unpaired) electrons. The smallest absolute Gasteiger partial charge is 0.177 e. The summed E-state index contributed by atoms with van der Waals surface area (Å²) in [4.78, 5) is 17.4. The predicted molar refractivity (Wildman–Crippen MR) is 83.3 cm³/mol. The second-order valence-corrected chi connectivity index (χ2v) is 6.03. The highest BCUT2D eigenvalue weighted by atomic mass is 16.1. The minimum atomic E-state index is 0.0534. The van der Waals surface area contributed by atoms with Crippen LogP contribution in [0.25, 0.3) is 0 Å². The minimum Gasteiger partial charge on any atom is -0.365 e. The zero-order valence-corrected chi connectivity index (χ0v) is 13.0. The Balaban J connectivity index is 2.10. The Bertz CT molecular complexity index is 366. The zero-order valence-electron chi connectivity index (χ0n) is 13.0. The van der Waals surface area contributed by atoms with Gasteiger partial charge >= 0.3 is 0 Å². The molecule has 20 heavy (non-hydrogen) atoms. The van der Waals surface area contributed by atoms with E-state index >= 15 is 0 Å². The van der Waals surface area contributed by atoms with E-state index in [0.717, 1.165) is 63.0 Å². The molecule has 0 aromatic carbocycles. The summed E-state index contributed by atoms with van der Waals surface area (Å²) in [6, 6.07) is 0.107. The molecular weight excluding hydrogens is 248 g/mol. The second kappa shape index (κ2) is 6.47. The van der Waals surface area contributed by atoms with Crippen molar-refractivity contribution in [3.63, 3.8) is 0 Å². The molecule has 0 spiro atoms. The van der Waals surface area contributed by atoms with Crippen LogP contribution in [0, 0.1) is 0 Å². The molecule has 0 amide bonds. The van der Waals surface area contributed by atoms with E-state index in [4.69, 9.17) is 0 Å². The van der Waals surface area contributed by atoms with Gasteiger partial charge in [-0.2, -0.15) is 0 Å². The number of nitrogens with zero attached hydrogens (tertiary/aromatic N) is 2. The summed E-state index contributed by atoms with van der Waals surface area (Å²) >= 11 is 0. The average Bonchev–Trinajstić information content (AvgIpc) is 2.96. The number of Topliss-reactive ketones (excluding diaryl/α,β-unsaturated/α-hetero) is 1. The molecule has 0 aromatic rings. The molecule has 0 aromatic heterocycles. The van der Waals surface area contributed by atoms with Crippen molar-refractivity contribution in [2.24, 2.45) is 0 Å². The first-order valence-corrected chi connectivity index (χ1v) is 8.02. The van der Waals surface area contributed by atoms with Crippen molar-refractivity contribution in [2.45, 2.75) is 64.5 Å². The maximum absolute atomic E-state index is 12.9. The molecule has 2 atom stereocenters. The van der Waals surface area contributed by atoms with Crippen LogP contribution in [0.4, 0.5) is 0 Å². The number of hydrogen-bond acceptors (Lipinski definition) is 3. The Labute approximate surface area is 123 Å². The van der Waals surface area contributed by atoms with E-state index in [-0.39, 0.29) is 12.1 Å². The number of carbonyl (C=O) groups excluding carboxylic acids is 1. The molecule has 2 heterocycles. The van der Waals surface area contributed by atoms with E-state index in [1.165, 1.54) is 0 Å². The first-order valence-electron chi connectivity index (χ1n) is 8.02. The van der Waals surface area contributed by atoms with Crippen LogP contribution in [0.3, 0.4) is 0 Å². The van der Waals surface area contributed by atoms with E-state index in [9.17, 15) is 4.79 Å². The summed E-state index contributed by atoms with van der Waals surface area (Å²) < 4.78 is 0. The van der Waals surface area contributed by atoms with Crippen LogP contribution in [0.5, 0.6) is 0 Å². The first-order chi connectivity index (χ1) is 9.60. The Morgan fingerprint density at radius 3 is 1.75 bits per heavy atom. The van der Waals surface area contributed by atoms with Crippen LogP contribution in [0.2, 0.25) is 0 Å². The molecule has 0 saturated carbocycles. The number of hydrogen-bond donors (Lipinski definition) is 0. The van der Waals surface area contributed by atoms with Gasteiger partial charge in [0.2, 0.25) is 0 Å². The lowest BCUT2D eigenvalue weighted by atomic mass is 10.0.